The van der Waals surface area contributed by atoms with Crippen molar-refractivity contribution in [3.05, 3.63) is 74.1 Å². The van der Waals surface area contributed by atoms with Gasteiger partial charge in [-0.1, -0.05) is 39.7 Å². The van der Waals surface area contributed by atoms with E-state index >= 15 is 0 Å². The standard InChI is InChI=1S/C18H14BrClF3N3O2/c19-13-3-1-2-11(8-13)9-26-17(28)25(10-15(27)18(21,22)23)16(24-26)12-4-6-14(20)7-5-12/h1-8,15,27H,9-10H2/t15-/m0/s1. The summed E-state index contributed by atoms with van der Waals surface area (Å²) in [4.78, 5) is 12.7. The van der Waals surface area contributed by atoms with Gasteiger partial charge in [-0.2, -0.15) is 13.2 Å². The molecule has 1 aromatic heterocycles. The van der Waals surface area contributed by atoms with E-state index in [9.17, 15) is 23.1 Å². The first-order valence-corrected chi connectivity index (χ1v) is 9.25. The third-order valence-corrected chi connectivity index (χ3v) is 4.73. The van der Waals surface area contributed by atoms with Crippen molar-refractivity contribution in [2.45, 2.75) is 25.4 Å². The highest BCUT2D eigenvalue weighted by atomic mass is 79.9. The molecule has 0 unspecified atom stereocenters. The predicted octanol–water partition coefficient (Wildman–Crippen LogP) is 4.10. The van der Waals surface area contributed by atoms with Gasteiger partial charge in [0.15, 0.2) is 11.9 Å². The van der Waals surface area contributed by atoms with Gasteiger partial charge in [0, 0.05) is 15.1 Å². The summed E-state index contributed by atoms with van der Waals surface area (Å²) in [5.74, 6) is 0.0139. The lowest BCUT2D eigenvalue weighted by molar-refractivity contribution is -0.207. The second kappa shape index (κ2) is 8.10. The van der Waals surface area contributed by atoms with Crippen molar-refractivity contribution in [3.8, 4) is 11.4 Å². The number of hydrogen-bond donors (Lipinski definition) is 1. The second-order valence-corrected chi connectivity index (χ2v) is 7.42. The van der Waals surface area contributed by atoms with Gasteiger partial charge in [-0.25, -0.2) is 9.48 Å². The molecule has 148 valence electrons. The van der Waals surface area contributed by atoms with Gasteiger partial charge >= 0.3 is 11.9 Å². The van der Waals surface area contributed by atoms with E-state index < -0.39 is 24.5 Å². The first-order chi connectivity index (χ1) is 13.1. The lowest BCUT2D eigenvalue weighted by Gasteiger charge is -2.15. The number of rotatable bonds is 5. The highest BCUT2D eigenvalue weighted by Crippen LogP contribution is 2.24. The van der Waals surface area contributed by atoms with Crippen LogP contribution in [0.4, 0.5) is 13.2 Å². The fourth-order valence-electron chi connectivity index (χ4n) is 2.61. The maximum absolute atomic E-state index is 12.8. The Balaban J connectivity index is 2.06. The molecular weight excluding hydrogens is 463 g/mol. The smallest absolute Gasteiger partial charge is 0.382 e. The lowest BCUT2D eigenvalue weighted by Crippen LogP contribution is -2.37. The van der Waals surface area contributed by atoms with Gasteiger partial charge in [0.25, 0.3) is 0 Å². The van der Waals surface area contributed by atoms with Crippen LogP contribution in [0.25, 0.3) is 11.4 Å². The Hall–Kier alpha value is -2.10. The number of aliphatic hydroxyl groups is 1. The van der Waals surface area contributed by atoms with Crippen molar-refractivity contribution in [3.63, 3.8) is 0 Å². The summed E-state index contributed by atoms with van der Waals surface area (Å²) >= 11 is 9.18. The summed E-state index contributed by atoms with van der Waals surface area (Å²) in [5, 5.41) is 14.1. The Morgan fingerprint density at radius 2 is 1.86 bits per heavy atom. The highest BCUT2D eigenvalue weighted by Gasteiger charge is 2.39. The first kappa shape index (κ1) is 20.6. The van der Waals surface area contributed by atoms with Gasteiger partial charge in [-0.3, -0.25) is 4.57 Å². The summed E-state index contributed by atoms with van der Waals surface area (Å²) in [6, 6.07) is 13.3. The van der Waals surface area contributed by atoms with E-state index in [0.29, 0.717) is 10.6 Å². The van der Waals surface area contributed by atoms with Crippen molar-refractivity contribution >= 4 is 27.5 Å². The zero-order valence-electron chi connectivity index (χ0n) is 14.2. The minimum Gasteiger partial charge on any atom is -0.382 e. The Morgan fingerprint density at radius 1 is 1.18 bits per heavy atom. The molecule has 0 saturated carbocycles. The summed E-state index contributed by atoms with van der Waals surface area (Å²) in [6.07, 6.45) is -7.55. The van der Waals surface area contributed by atoms with Crippen LogP contribution in [-0.4, -0.2) is 31.7 Å². The molecule has 0 fully saturated rings. The zero-order valence-corrected chi connectivity index (χ0v) is 16.5. The fraction of sp³-hybridized carbons (Fsp3) is 0.222. The molecule has 2 aromatic carbocycles. The summed E-state index contributed by atoms with van der Waals surface area (Å²) in [6.45, 7) is -0.896. The van der Waals surface area contributed by atoms with Crippen LogP contribution in [0.3, 0.4) is 0 Å². The van der Waals surface area contributed by atoms with Crippen LogP contribution in [0.2, 0.25) is 5.02 Å². The number of aromatic nitrogens is 3. The molecular formula is C18H14BrClF3N3O2. The van der Waals surface area contributed by atoms with Gasteiger partial charge in [-0.05, 0) is 42.0 Å². The minimum atomic E-state index is -4.86. The largest absolute Gasteiger partial charge is 0.416 e. The molecule has 28 heavy (non-hydrogen) atoms. The van der Waals surface area contributed by atoms with Crippen LogP contribution >= 0.6 is 27.5 Å². The molecule has 0 aliphatic carbocycles. The molecule has 0 aliphatic rings. The van der Waals surface area contributed by atoms with Gasteiger partial charge < -0.3 is 5.11 Å². The molecule has 1 atom stereocenters. The highest BCUT2D eigenvalue weighted by molar-refractivity contribution is 9.10. The Kier molecular flexibility index (Phi) is 5.97. The van der Waals surface area contributed by atoms with Gasteiger partial charge in [-0.15, -0.1) is 5.10 Å². The Labute approximate surface area is 171 Å². The van der Waals surface area contributed by atoms with Crippen LogP contribution in [0.1, 0.15) is 5.56 Å². The van der Waals surface area contributed by atoms with Crippen LogP contribution in [-0.2, 0) is 13.1 Å². The molecule has 0 amide bonds. The van der Waals surface area contributed by atoms with Gasteiger partial charge in [0.1, 0.15) is 0 Å². The quantitative estimate of drug-likeness (QED) is 0.603. The van der Waals surface area contributed by atoms with Crippen molar-refractivity contribution in [1.29, 1.82) is 0 Å². The topological polar surface area (TPSA) is 60.0 Å². The van der Waals surface area contributed by atoms with E-state index in [2.05, 4.69) is 21.0 Å². The normalized spacial score (nSPS) is 12.9. The second-order valence-electron chi connectivity index (χ2n) is 6.07. The Morgan fingerprint density at radius 3 is 2.46 bits per heavy atom. The number of aliphatic hydroxyl groups excluding tert-OH is 1. The SMILES string of the molecule is O=c1n(Cc2cccc(Br)c2)nc(-c2ccc(Cl)cc2)n1C[C@H](O)C(F)(F)F. The van der Waals surface area contributed by atoms with Gasteiger partial charge in [0.2, 0.25) is 0 Å². The monoisotopic (exact) mass is 475 g/mol. The zero-order chi connectivity index (χ0) is 20.5. The van der Waals surface area contributed by atoms with Crippen LogP contribution in [0.5, 0.6) is 0 Å². The van der Waals surface area contributed by atoms with Crippen molar-refractivity contribution in [2.75, 3.05) is 0 Å². The maximum Gasteiger partial charge on any atom is 0.416 e. The van der Waals surface area contributed by atoms with Crippen LogP contribution < -0.4 is 5.69 Å². The van der Waals surface area contributed by atoms with E-state index in [1.807, 2.05) is 6.07 Å². The Bertz CT molecular complexity index is 1030. The number of benzene rings is 2. The van der Waals surface area contributed by atoms with Gasteiger partial charge in [0.05, 0.1) is 13.1 Å². The van der Waals surface area contributed by atoms with E-state index in [0.717, 1.165) is 19.3 Å². The van der Waals surface area contributed by atoms with Crippen molar-refractivity contribution in [1.82, 2.24) is 14.3 Å². The third-order valence-electron chi connectivity index (χ3n) is 3.98. The fourth-order valence-corrected chi connectivity index (χ4v) is 3.18. The average Bonchev–Trinajstić information content (AvgIpc) is 2.91. The van der Waals surface area contributed by atoms with E-state index in [-0.39, 0.29) is 12.4 Å². The molecule has 3 aromatic rings. The molecule has 0 saturated heterocycles. The number of hydrogen-bond acceptors (Lipinski definition) is 3. The molecule has 0 spiro atoms. The van der Waals surface area contributed by atoms with Crippen molar-refractivity contribution < 1.29 is 18.3 Å². The molecule has 1 heterocycles. The van der Waals surface area contributed by atoms with Crippen LogP contribution in [0.15, 0.2) is 57.8 Å². The molecule has 5 nitrogen and oxygen atoms in total. The summed E-state index contributed by atoms with van der Waals surface area (Å²) < 4.78 is 41.2. The molecule has 10 heteroatoms. The third kappa shape index (κ3) is 4.65. The summed E-state index contributed by atoms with van der Waals surface area (Å²) in [5.41, 5.74) is 0.386. The molecule has 0 radical (unpaired) electrons. The predicted molar refractivity (Wildman–Crippen MR) is 102 cm³/mol. The van der Waals surface area contributed by atoms with E-state index in [1.165, 1.54) is 0 Å². The minimum absolute atomic E-state index is 0.0139. The number of nitrogens with zero attached hydrogens (tertiary/aromatic N) is 3. The van der Waals surface area contributed by atoms with Crippen LogP contribution in [0, 0.1) is 0 Å². The maximum atomic E-state index is 12.8. The first-order valence-electron chi connectivity index (χ1n) is 8.08. The van der Waals surface area contributed by atoms with Crippen molar-refractivity contribution in [2.24, 2.45) is 0 Å². The number of alkyl halides is 3. The van der Waals surface area contributed by atoms with E-state index in [4.69, 9.17) is 11.6 Å². The molecule has 0 aliphatic heterocycles. The van der Waals surface area contributed by atoms with E-state index in [1.54, 1.807) is 42.5 Å². The summed E-state index contributed by atoms with van der Waals surface area (Å²) in [7, 11) is 0. The number of halogens is 5. The molecule has 1 N–H and O–H groups in total. The molecule has 0 bridgehead atoms. The average molecular weight is 477 g/mol. The molecule has 3 rings (SSSR count). The lowest BCUT2D eigenvalue weighted by atomic mass is 10.2.